The average molecular weight is 266 g/mol. The highest BCUT2D eigenvalue weighted by Crippen LogP contribution is 2.13. The predicted molar refractivity (Wildman–Crippen MR) is 72.3 cm³/mol. The van der Waals surface area contributed by atoms with E-state index in [1.54, 1.807) is 29.2 Å². The van der Waals surface area contributed by atoms with E-state index in [0.717, 1.165) is 5.56 Å². The van der Waals surface area contributed by atoms with E-state index in [1.165, 1.54) is 0 Å². The molecule has 96 valence electrons. The molecule has 1 heterocycles. The SMILES string of the molecule is O=C(C=Cc1ccc(Cl)cc1)N1CCC(O)CC1. The zero-order chi connectivity index (χ0) is 13.0. The van der Waals surface area contributed by atoms with Crippen LogP contribution in [0.4, 0.5) is 0 Å². The number of benzene rings is 1. The maximum Gasteiger partial charge on any atom is 0.246 e. The Balaban J connectivity index is 1.92. The monoisotopic (exact) mass is 265 g/mol. The molecule has 1 aromatic carbocycles. The Morgan fingerprint density at radius 2 is 1.89 bits per heavy atom. The molecule has 0 saturated carbocycles. The molecule has 3 nitrogen and oxygen atoms in total. The summed E-state index contributed by atoms with van der Waals surface area (Å²) < 4.78 is 0. The molecule has 2 rings (SSSR count). The summed E-state index contributed by atoms with van der Waals surface area (Å²) in [5.41, 5.74) is 0.949. The maximum absolute atomic E-state index is 11.9. The molecule has 1 amide bonds. The Bertz CT molecular complexity index is 434. The van der Waals surface area contributed by atoms with Gasteiger partial charge in [0.15, 0.2) is 0 Å². The molecule has 18 heavy (non-hydrogen) atoms. The van der Waals surface area contributed by atoms with E-state index < -0.39 is 0 Å². The lowest BCUT2D eigenvalue weighted by molar-refractivity contribution is -0.127. The third-order valence-corrected chi connectivity index (χ3v) is 3.32. The highest BCUT2D eigenvalue weighted by molar-refractivity contribution is 6.30. The van der Waals surface area contributed by atoms with Gasteiger partial charge in [-0.1, -0.05) is 23.7 Å². The van der Waals surface area contributed by atoms with Crippen LogP contribution in [0.2, 0.25) is 5.02 Å². The van der Waals surface area contributed by atoms with Gasteiger partial charge >= 0.3 is 0 Å². The Labute approximate surface area is 112 Å². The van der Waals surface area contributed by atoms with Crippen molar-refractivity contribution in [1.82, 2.24) is 4.90 Å². The summed E-state index contributed by atoms with van der Waals surface area (Å²) in [4.78, 5) is 13.6. The fraction of sp³-hybridized carbons (Fsp3) is 0.357. The molecule has 0 spiro atoms. The number of hydrogen-bond donors (Lipinski definition) is 1. The van der Waals surface area contributed by atoms with E-state index in [4.69, 9.17) is 11.6 Å². The molecule has 0 aliphatic carbocycles. The molecule has 4 heteroatoms. The van der Waals surface area contributed by atoms with E-state index in [1.807, 2.05) is 12.1 Å². The number of piperidine rings is 1. The van der Waals surface area contributed by atoms with Gasteiger partial charge in [-0.2, -0.15) is 0 Å². The van der Waals surface area contributed by atoms with Crippen molar-refractivity contribution in [3.8, 4) is 0 Å². The Morgan fingerprint density at radius 1 is 1.28 bits per heavy atom. The standard InChI is InChI=1S/C14H16ClNO2/c15-12-4-1-11(2-5-12)3-6-14(18)16-9-7-13(17)8-10-16/h1-6,13,17H,7-10H2. The Hall–Kier alpha value is -1.32. The molecular formula is C14H16ClNO2. The van der Waals surface area contributed by atoms with Crippen molar-refractivity contribution in [2.24, 2.45) is 0 Å². The minimum absolute atomic E-state index is 0.00292. The first-order valence-electron chi connectivity index (χ1n) is 6.06. The van der Waals surface area contributed by atoms with Gasteiger partial charge in [-0.15, -0.1) is 0 Å². The molecule has 1 aromatic rings. The van der Waals surface area contributed by atoms with Crippen LogP contribution in [0.3, 0.4) is 0 Å². The van der Waals surface area contributed by atoms with Crippen LogP contribution >= 0.6 is 11.6 Å². The van der Waals surface area contributed by atoms with Crippen molar-refractivity contribution in [3.05, 3.63) is 40.9 Å². The molecule has 1 fully saturated rings. The van der Waals surface area contributed by atoms with E-state index in [-0.39, 0.29) is 12.0 Å². The summed E-state index contributed by atoms with van der Waals surface area (Å²) in [6, 6.07) is 7.32. The normalized spacial score (nSPS) is 17.3. The fourth-order valence-corrected chi connectivity index (χ4v) is 2.06. The van der Waals surface area contributed by atoms with E-state index >= 15 is 0 Å². The number of hydrogen-bond acceptors (Lipinski definition) is 2. The highest BCUT2D eigenvalue weighted by atomic mass is 35.5. The van der Waals surface area contributed by atoms with Gasteiger partial charge in [0.1, 0.15) is 0 Å². The number of rotatable bonds is 2. The van der Waals surface area contributed by atoms with Crippen LogP contribution < -0.4 is 0 Å². The number of aliphatic hydroxyl groups excluding tert-OH is 1. The van der Waals surface area contributed by atoms with Gasteiger partial charge in [0.2, 0.25) is 5.91 Å². The van der Waals surface area contributed by atoms with Crippen LogP contribution in [0.1, 0.15) is 18.4 Å². The van der Waals surface area contributed by atoms with Crippen LogP contribution in [0, 0.1) is 0 Å². The molecule has 1 aliphatic rings. The molecule has 0 aromatic heterocycles. The number of carbonyl (C=O) groups excluding carboxylic acids is 1. The second-order valence-corrected chi connectivity index (χ2v) is 4.88. The number of nitrogens with zero attached hydrogens (tertiary/aromatic N) is 1. The molecule has 1 aliphatic heterocycles. The van der Waals surface area contributed by atoms with Gasteiger partial charge < -0.3 is 10.0 Å². The van der Waals surface area contributed by atoms with Gasteiger partial charge in [0.25, 0.3) is 0 Å². The van der Waals surface area contributed by atoms with Crippen molar-refractivity contribution in [2.45, 2.75) is 18.9 Å². The average Bonchev–Trinajstić information content (AvgIpc) is 2.38. The summed E-state index contributed by atoms with van der Waals surface area (Å²) in [5, 5.41) is 10.1. The smallest absolute Gasteiger partial charge is 0.246 e. The molecule has 1 saturated heterocycles. The Morgan fingerprint density at radius 3 is 2.50 bits per heavy atom. The maximum atomic E-state index is 11.9. The lowest BCUT2D eigenvalue weighted by Crippen LogP contribution is -2.39. The van der Waals surface area contributed by atoms with Gasteiger partial charge in [-0.3, -0.25) is 4.79 Å². The van der Waals surface area contributed by atoms with Crippen LogP contribution in [0.25, 0.3) is 6.08 Å². The summed E-state index contributed by atoms with van der Waals surface area (Å²) in [5.74, 6) is -0.00292. The second kappa shape index (κ2) is 6.03. The first kappa shape index (κ1) is 13.1. The molecule has 0 atom stereocenters. The van der Waals surface area contributed by atoms with Crippen molar-refractivity contribution in [3.63, 3.8) is 0 Å². The minimum Gasteiger partial charge on any atom is -0.393 e. The first-order chi connectivity index (χ1) is 8.65. The first-order valence-corrected chi connectivity index (χ1v) is 6.43. The zero-order valence-electron chi connectivity index (χ0n) is 10.1. The van der Waals surface area contributed by atoms with E-state index in [2.05, 4.69) is 0 Å². The number of amides is 1. The number of carbonyl (C=O) groups is 1. The van der Waals surface area contributed by atoms with E-state index in [0.29, 0.717) is 31.0 Å². The molecule has 0 radical (unpaired) electrons. The van der Waals surface area contributed by atoms with Gasteiger partial charge in [-0.25, -0.2) is 0 Å². The van der Waals surface area contributed by atoms with Crippen LogP contribution in [-0.4, -0.2) is 35.1 Å². The van der Waals surface area contributed by atoms with E-state index in [9.17, 15) is 9.90 Å². The number of halogens is 1. The van der Waals surface area contributed by atoms with Crippen molar-refractivity contribution in [1.29, 1.82) is 0 Å². The summed E-state index contributed by atoms with van der Waals surface area (Å²) in [6.07, 6.45) is 4.43. The highest BCUT2D eigenvalue weighted by Gasteiger charge is 2.19. The molecule has 1 N–H and O–H groups in total. The van der Waals surface area contributed by atoms with Crippen molar-refractivity contribution >= 4 is 23.6 Å². The molecular weight excluding hydrogens is 250 g/mol. The van der Waals surface area contributed by atoms with Gasteiger partial charge in [0.05, 0.1) is 6.10 Å². The summed E-state index contributed by atoms with van der Waals surface area (Å²) in [6.45, 7) is 1.26. The number of likely N-dealkylation sites (tertiary alicyclic amines) is 1. The fourth-order valence-electron chi connectivity index (χ4n) is 1.93. The predicted octanol–water partition coefficient (Wildman–Crippen LogP) is 2.34. The Kier molecular flexibility index (Phi) is 4.39. The zero-order valence-corrected chi connectivity index (χ0v) is 10.8. The summed E-state index contributed by atoms with van der Waals surface area (Å²) in [7, 11) is 0. The topological polar surface area (TPSA) is 40.5 Å². The third-order valence-electron chi connectivity index (χ3n) is 3.06. The lowest BCUT2D eigenvalue weighted by Gasteiger charge is -2.28. The van der Waals surface area contributed by atoms with Crippen LogP contribution in [0.5, 0.6) is 0 Å². The quantitative estimate of drug-likeness (QED) is 0.834. The molecule has 0 unspecified atom stereocenters. The largest absolute Gasteiger partial charge is 0.393 e. The van der Waals surface area contributed by atoms with Crippen LogP contribution in [-0.2, 0) is 4.79 Å². The minimum atomic E-state index is -0.255. The van der Waals surface area contributed by atoms with Crippen molar-refractivity contribution in [2.75, 3.05) is 13.1 Å². The second-order valence-electron chi connectivity index (χ2n) is 4.44. The van der Waals surface area contributed by atoms with Gasteiger partial charge in [0, 0.05) is 24.2 Å². The summed E-state index contributed by atoms with van der Waals surface area (Å²) >= 11 is 5.79. The van der Waals surface area contributed by atoms with Gasteiger partial charge in [-0.05, 0) is 36.6 Å². The van der Waals surface area contributed by atoms with Crippen molar-refractivity contribution < 1.29 is 9.90 Å². The number of aliphatic hydroxyl groups is 1. The lowest BCUT2D eigenvalue weighted by atomic mass is 10.1. The molecule has 0 bridgehead atoms. The third kappa shape index (κ3) is 3.59. The van der Waals surface area contributed by atoms with Crippen LogP contribution in [0.15, 0.2) is 30.3 Å².